The molecule has 1 rings (SSSR count). The molecule has 6 heteroatoms. The van der Waals surface area contributed by atoms with Gasteiger partial charge in [-0.25, -0.2) is 0 Å². The molecule has 1 N–H and O–H groups in total. The van der Waals surface area contributed by atoms with Crippen molar-refractivity contribution in [2.75, 3.05) is 33.2 Å². The molecule has 5 nitrogen and oxygen atoms in total. The van der Waals surface area contributed by atoms with Crippen LogP contribution in [0.5, 0.6) is 0 Å². The van der Waals surface area contributed by atoms with Crippen LogP contribution in [-0.4, -0.2) is 56.3 Å². The average Bonchev–Trinajstić information content (AvgIpc) is 2.77. The van der Waals surface area contributed by atoms with Gasteiger partial charge in [-0.05, 0) is 19.4 Å². The minimum Gasteiger partial charge on any atom is -0.315 e. The van der Waals surface area contributed by atoms with Gasteiger partial charge >= 0.3 is 0 Å². The van der Waals surface area contributed by atoms with E-state index in [0.29, 0.717) is 13.1 Å². The van der Waals surface area contributed by atoms with Crippen LogP contribution in [0.3, 0.4) is 0 Å². The molecule has 0 bridgehead atoms. The lowest BCUT2D eigenvalue weighted by Crippen LogP contribution is -2.48. The lowest BCUT2D eigenvalue weighted by molar-refractivity contribution is 0.306. The first-order valence-corrected chi connectivity index (χ1v) is 7.37. The second-order valence-electron chi connectivity index (χ2n) is 4.18. The summed E-state index contributed by atoms with van der Waals surface area (Å²) in [5.41, 5.74) is 0. The first kappa shape index (κ1) is 13.9. The monoisotopic (exact) mass is 249 g/mol. The summed E-state index contributed by atoms with van der Waals surface area (Å²) in [5, 5.41) is 3.22. The Bertz CT molecular complexity index is 299. The third kappa shape index (κ3) is 2.94. The van der Waals surface area contributed by atoms with Crippen molar-refractivity contribution in [1.82, 2.24) is 13.9 Å². The van der Waals surface area contributed by atoms with Gasteiger partial charge < -0.3 is 5.32 Å². The Morgan fingerprint density at radius 1 is 1.38 bits per heavy atom. The molecule has 0 radical (unpaired) electrons. The van der Waals surface area contributed by atoms with Crippen LogP contribution >= 0.6 is 0 Å². The fourth-order valence-electron chi connectivity index (χ4n) is 1.93. The number of nitrogens with one attached hydrogen (secondary N) is 1. The number of nitrogens with zero attached hydrogens (tertiary/aromatic N) is 2. The van der Waals surface area contributed by atoms with E-state index in [4.69, 9.17) is 0 Å². The minimum atomic E-state index is -3.27. The molecule has 0 spiro atoms. The van der Waals surface area contributed by atoms with Crippen molar-refractivity contribution in [1.29, 1.82) is 0 Å². The van der Waals surface area contributed by atoms with Gasteiger partial charge in [-0.3, -0.25) is 0 Å². The van der Waals surface area contributed by atoms with Gasteiger partial charge in [0.05, 0.1) is 0 Å². The first-order valence-electron chi connectivity index (χ1n) is 5.97. The van der Waals surface area contributed by atoms with Gasteiger partial charge in [0.15, 0.2) is 0 Å². The Kier molecular flexibility index (Phi) is 5.17. The summed E-state index contributed by atoms with van der Waals surface area (Å²) >= 11 is 0. The Hall–Kier alpha value is -0.170. The summed E-state index contributed by atoms with van der Waals surface area (Å²) in [7, 11) is -1.63. The van der Waals surface area contributed by atoms with Crippen LogP contribution in [-0.2, 0) is 10.2 Å². The highest BCUT2D eigenvalue weighted by Gasteiger charge is 2.33. The summed E-state index contributed by atoms with van der Waals surface area (Å²) in [6.45, 7) is 6.68. The molecule has 1 heterocycles. The van der Waals surface area contributed by atoms with E-state index >= 15 is 0 Å². The molecule has 1 aliphatic rings. The highest BCUT2D eigenvalue weighted by molar-refractivity contribution is 7.86. The fourth-order valence-corrected chi connectivity index (χ4v) is 3.59. The van der Waals surface area contributed by atoms with E-state index in [-0.39, 0.29) is 6.04 Å². The highest BCUT2D eigenvalue weighted by Crippen LogP contribution is 2.16. The normalized spacial score (nSPS) is 22.2. The molecule has 1 fully saturated rings. The molecule has 0 aromatic rings. The molecule has 1 aliphatic heterocycles. The maximum Gasteiger partial charge on any atom is 0.282 e. The molecule has 0 saturated carbocycles. The molecular weight excluding hydrogens is 226 g/mol. The van der Waals surface area contributed by atoms with E-state index in [1.807, 2.05) is 13.8 Å². The largest absolute Gasteiger partial charge is 0.315 e. The van der Waals surface area contributed by atoms with Crippen molar-refractivity contribution >= 4 is 10.2 Å². The van der Waals surface area contributed by atoms with Crippen molar-refractivity contribution in [3.63, 3.8) is 0 Å². The number of hydrogen-bond donors (Lipinski definition) is 1. The van der Waals surface area contributed by atoms with Crippen LogP contribution in [0.4, 0.5) is 0 Å². The van der Waals surface area contributed by atoms with Gasteiger partial charge in [0.25, 0.3) is 10.2 Å². The smallest absolute Gasteiger partial charge is 0.282 e. The molecule has 0 amide bonds. The second kappa shape index (κ2) is 5.95. The van der Waals surface area contributed by atoms with E-state index in [2.05, 4.69) is 5.32 Å². The van der Waals surface area contributed by atoms with E-state index in [1.54, 1.807) is 11.4 Å². The lowest BCUT2D eigenvalue weighted by atomic mass is 10.2. The zero-order chi connectivity index (χ0) is 12.2. The van der Waals surface area contributed by atoms with E-state index in [9.17, 15) is 8.42 Å². The van der Waals surface area contributed by atoms with Crippen molar-refractivity contribution < 1.29 is 8.42 Å². The lowest BCUT2D eigenvalue weighted by Gasteiger charge is -2.30. The Morgan fingerprint density at radius 3 is 2.50 bits per heavy atom. The van der Waals surface area contributed by atoms with Crippen LogP contribution in [0.15, 0.2) is 0 Å². The predicted octanol–water partition coefficient (Wildman–Crippen LogP) is 0.257. The van der Waals surface area contributed by atoms with E-state index in [1.165, 1.54) is 4.31 Å². The Labute approximate surface area is 99.0 Å². The molecular formula is C10H23N3O2S. The SMILES string of the molecule is CCCN(C1CCNC1)S(=O)(=O)N(C)CC. The third-order valence-corrected chi connectivity index (χ3v) is 5.14. The van der Waals surface area contributed by atoms with Crippen LogP contribution in [0.1, 0.15) is 26.7 Å². The van der Waals surface area contributed by atoms with Gasteiger partial charge in [-0.2, -0.15) is 17.0 Å². The summed E-state index contributed by atoms with van der Waals surface area (Å²) < 4.78 is 27.6. The fraction of sp³-hybridized carbons (Fsp3) is 1.00. The molecule has 1 saturated heterocycles. The molecule has 0 aromatic heterocycles. The standard InChI is InChI=1S/C10H23N3O2S/c1-4-8-13(10-6-7-11-9-10)16(14,15)12(3)5-2/h10-11H,4-9H2,1-3H3. The zero-order valence-electron chi connectivity index (χ0n) is 10.4. The van der Waals surface area contributed by atoms with Crippen LogP contribution in [0, 0.1) is 0 Å². The molecule has 96 valence electrons. The van der Waals surface area contributed by atoms with Crippen molar-refractivity contribution in [2.24, 2.45) is 0 Å². The quantitative estimate of drug-likeness (QED) is 0.734. The van der Waals surface area contributed by atoms with Crippen LogP contribution < -0.4 is 5.32 Å². The molecule has 0 aromatic carbocycles. The number of hydrogen-bond acceptors (Lipinski definition) is 3. The van der Waals surface area contributed by atoms with E-state index in [0.717, 1.165) is 25.9 Å². The van der Waals surface area contributed by atoms with Crippen molar-refractivity contribution in [3.8, 4) is 0 Å². The van der Waals surface area contributed by atoms with Gasteiger partial charge in [0.1, 0.15) is 0 Å². The Balaban J connectivity index is 2.83. The molecule has 1 atom stereocenters. The summed E-state index contributed by atoms with van der Waals surface area (Å²) in [6, 6.07) is 0.124. The van der Waals surface area contributed by atoms with Gasteiger partial charge in [0.2, 0.25) is 0 Å². The Morgan fingerprint density at radius 2 is 2.06 bits per heavy atom. The van der Waals surface area contributed by atoms with Crippen LogP contribution in [0.2, 0.25) is 0 Å². The minimum absolute atomic E-state index is 0.124. The molecule has 1 unspecified atom stereocenters. The predicted molar refractivity (Wildman–Crippen MR) is 65.5 cm³/mol. The van der Waals surface area contributed by atoms with Crippen molar-refractivity contribution in [3.05, 3.63) is 0 Å². The average molecular weight is 249 g/mol. The maximum absolute atomic E-state index is 12.3. The first-order chi connectivity index (χ1) is 7.54. The number of rotatable bonds is 6. The second-order valence-corrected chi connectivity index (χ2v) is 6.17. The maximum atomic E-state index is 12.3. The topological polar surface area (TPSA) is 52.7 Å². The van der Waals surface area contributed by atoms with Gasteiger partial charge in [-0.1, -0.05) is 13.8 Å². The van der Waals surface area contributed by atoms with E-state index < -0.39 is 10.2 Å². The zero-order valence-corrected chi connectivity index (χ0v) is 11.3. The summed E-state index contributed by atoms with van der Waals surface area (Å²) in [5.74, 6) is 0. The third-order valence-electron chi connectivity index (χ3n) is 3.02. The van der Waals surface area contributed by atoms with Gasteiger partial charge in [0, 0.05) is 32.7 Å². The van der Waals surface area contributed by atoms with Gasteiger partial charge in [-0.15, -0.1) is 0 Å². The van der Waals surface area contributed by atoms with Crippen LogP contribution in [0.25, 0.3) is 0 Å². The molecule has 16 heavy (non-hydrogen) atoms. The van der Waals surface area contributed by atoms with Crippen molar-refractivity contribution in [2.45, 2.75) is 32.7 Å². The molecule has 0 aliphatic carbocycles. The highest BCUT2D eigenvalue weighted by atomic mass is 32.2. The summed E-state index contributed by atoms with van der Waals surface area (Å²) in [4.78, 5) is 0. The summed E-state index contributed by atoms with van der Waals surface area (Å²) in [6.07, 6.45) is 1.77.